The molecule has 3 aromatic rings. The number of aromatic nitrogens is 3. The first kappa shape index (κ1) is 13.4. The predicted molar refractivity (Wildman–Crippen MR) is 85.4 cm³/mol. The van der Waals surface area contributed by atoms with Crippen molar-refractivity contribution in [3.05, 3.63) is 59.4 Å². The van der Waals surface area contributed by atoms with E-state index in [1.807, 2.05) is 24.4 Å². The third kappa shape index (κ3) is 2.40. The zero-order valence-corrected chi connectivity index (χ0v) is 12.5. The summed E-state index contributed by atoms with van der Waals surface area (Å²) >= 11 is 0. The van der Waals surface area contributed by atoms with Gasteiger partial charge in [-0.2, -0.15) is 5.10 Å². The van der Waals surface area contributed by atoms with Gasteiger partial charge in [-0.15, -0.1) is 0 Å². The van der Waals surface area contributed by atoms with Gasteiger partial charge in [-0.3, -0.25) is 0 Å². The van der Waals surface area contributed by atoms with E-state index in [0.29, 0.717) is 5.69 Å². The van der Waals surface area contributed by atoms with Gasteiger partial charge in [0.2, 0.25) is 0 Å². The summed E-state index contributed by atoms with van der Waals surface area (Å²) in [5.41, 5.74) is 12.4. The Bertz CT molecular complexity index is 765. The number of pyridine rings is 1. The van der Waals surface area contributed by atoms with Crippen molar-refractivity contribution in [2.75, 3.05) is 5.73 Å². The molecule has 2 heterocycles. The topological polar surface area (TPSA) is 56.7 Å². The number of hydrogen-bond acceptors (Lipinski definition) is 3. The van der Waals surface area contributed by atoms with Gasteiger partial charge in [0.1, 0.15) is 5.69 Å². The largest absolute Gasteiger partial charge is 0.396 e. The molecule has 0 unspecified atom stereocenters. The Morgan fingerprint density at radius 2 is 1.76 bits per heavy atom. The Hall–Kier alpha value is -2.62. The van der Waals surface area contributed by atoms with Crippen LogP contribution in [0.1, 0.15) is 16.7 Å². The van der Waals surface area contributed by atoms with Gasteiger partial charge in [-0.05, 0) is 44.0 Å². The normalized spacial score (nSPS) is 10.8. The van der Waals surface area contributed by atoms with Crippen LogP contribution in [0.15, 0.2) is 42.7 Å². The molecule has 0 bridgehead atoms. The molecule has 0 spiro atoms. The molecular formula is C17H18N4. The van der Waals surface area contributed by atoms with Gasteiger partial charge in [0.05, 0.1) is 11.9 Å². The molecule has 4 heteroatoms. The molecule has 3 rings (SSSR count). The first-order valence-corrected chi connectivity index (χ1v) is 6.91. The second-order valence-electron chi connectivity index (χ2n) is 5.34. The molecule has 2 aromatic heterocycles. The average molecular weight is 278 g/mol. The Morgan fingerprint density at radius 3 is 2.38 bits per heavy atom. The van der Waals surface area contributed by atoms with Gasteiger partial charge >= 0.3 is 0 Å². The van der Waals surface area contributed by atoms with E-state index in [2.05, 4.69) is 43.0 Å². The number of hydrogen-bond donors (Lipinski definition) is 1. The average Bonchev–Trinajstić information content (AvgIpc) is 2.81. The minimum atomic E-state index is 0.663. The molecule has 0 amide bonds. The van der Waals surface area contributed by atoms with Crippen LogP contribution < -0.4 is 5.73 Å². The standard InChI is InChI=1S/C17H18N4/c1-11-8-12(2)16(13(3)9-11)17-14(18)10-21(20-17)15-6-4-5-7-19-15/h4-10H,18H2,1-3H3. The van der Waals surface area contributed by atoms with Crippen molar-refractivity contribution in [2.45, 2.75) is 20.8 Å². The van der Waals surface area contributed by atoms with Crippen LogP contribution in [0.3, 0.4) is 0 Å². The van der Waals surface area contributed by atoms with E-state index in [1.54, 1.807) is 10.9 Å². The van der Waals surface area contributed by atoms with Crippen molar-refractivity contribution in [1.82, 2.24) is 14.8 Å². The number of nitrogens with zero attached hydrogens (tertiary/aromatic N) is 3. The van der Waals surface area contributed by atoms with Crippen molar-refractivity contribution in [2.24, 2.45) is 0 Å². The SMILES string of the molecule is Cc1cc(C)c(-c2nn(-c3ccccn3)cc2N)c(C)c1. The molecule has 0 aliphatic rings. The zero-order chi connectivity index (χ0) is 15.0. The van der Waals surface area contributed by atoms with E-state index in [0.717, 1.165) is 17.1 Å². The predicted octanol–water partition coefficient (Wildman–Crippen LogP) is 3.44. The summed E-state index contributed by atoms with van der Waals surface area (Å²) in [5, 5.41) is 4.63. The quantitative estimate of drug-likeness (QED) is 0.781. The summed E-state index contributed by atoms with van der Waals surface area (Å²) < 4.78 is 1.73. The van der Waals surface area contributed by atoms with Crippen LogP contribution in [0.25, 0.3) is 17.1 Å². The second-order valence-corrected chi connectivity index (χ2v) is 5.34. The Labute approximate surface area is 124 Å². The molecule has 2 N–H and O–H groups in total. The lowest BCUT2D eigenvalue weighted by Gasteiger charge is -2.09. The van der Waals surface area contributed by atoms with Crippen LogP contribution in [-0.4, -0.2) is 14.8 Å². The maximum atomic E-state index is 6.18. The summed E-state index contributed by atoms with van der Waals surface area (Å²) in [6.07, 6.45) is 3.56. The van der Waals surface area contributed by atoms with Crippen molar-refractivity contribution >= 4 is 5.69 Å². The van der Waals surface area contributed by atoms with E-state index < -0.39 is 0 Å². The molecule has 4 nitrogen and oxygen atoms in total. The highest BCUT2D eigenvalue weighted by Crippen LogP contribution is 2.31. The Morgan fingerprint density at radius 1 is 1.05 bits per heavy atom. The fraction of sp³-hybridized carbons (Fsp3) is 0.176. The molecule has 0 saturated heterocycles. The van der Waals surface area contributed by atoms with Crippen molar-refractivity contribution in [3.8, 4) is 17.1 Å². The molecule has 1 aromatic carbocycles. The lowest BCUT2D eigenvalue weighted by Crippen LogP contribution is -1.98. The van der Waals surface area contributed by atoms with Gasteiger partial charge in [0.15, 0.2) is 5.82 Å². The van der Waals surface area contributed by atoms with Crippen molar-refractivity contribution in [1.29, 1.82) is 0 Å². The van der Waals surface area contributed by atoms with Crippen LogP contribution in [0.5, 0.6) is 0 Å². The minimum Gasteiger partial charge on any atom is -0.396 e. The Kier molecular flexibility index (Phi) is 3.22. The lowest BCUT2D eigenvalue weighted by atomic mass is 9.97. The number of nitrogen functional groups attached to an aromatic ring is 1. The molecule has 21 heavy (non-hydrogen) atoms. The highest BCUT2D eigenvalue weighted by Gasteiger charge is 2.14. The van der Waals surface area contributed by atoms with Gasteiger partial charge in [0.25, 0.3) is 0 Å². The molecule has 0 aliphatic heterocycles. The van der Waals surface area contributed by atoms with Gasteiger partial charge < -0.3 is 5.73 Å². The Balaban J connectivity index is 2.15. The summed E-state index contributed by atoms with van der Waals surface area (Å²) in [7, 11) is 0. The number of anilines is 1. The first-order chi connectivity index (χ1) is 10.1. The molecule has 0 atom stereocenters. The van der Waals surface area contributed by atoms with E-state index in [9.17, 15) is 0 Å². The lowest BCUT2D eigenvalue weighted by molar-refractivity contribution is 0.850. The summed E-state index contributed by atoms with van der Waals surface area (Å²) in [5.74, 6) is 0.762. The first-order valence-electron chi connectivity index (χ1n) is 6.91. The van der Waals surface area contributed by atoms with E-state index >= 15 is 0 Å². The fourth-order valence-electron chi connectivity index (χ4n) is 2.74. The molecule has 106 valence electrons. The van der Waals surface area contributed by atoms with Gasteiger partial charge in [-0.1, -0.05) is 23.8 Å². The maximum Gasteiger partial charge on any atom is 0.153 e. The van der Waals surface area contributed by atoms with Crippen LogP contribution >= 0.6 is 0 Å². The van der Waals surface area contributed by atoms with Crippen LogP contribution in [-0.2, 0) is 0 Å². The van der Waals surface area contributed by atoms with Crippen LogP contribution in [0.2, 0.25) is 0 Å². The third-order valence-electron chi connectivity index (χ3n) is 3.54. The van der Waals surface area contributed by atoms with E-state index in [1.165, 1.54) is 16.7 Å². The van der Waals surface area contributed by atoms with Crippen molar-refractivity contribution < 1.29 is 0 Å². The smallest absolute Gasteiger partial charge is 0.153 e. The number of aryl methyl sites for hydroxylation is 3. The zero-order valence-electron chi connectivity index (χ0n) is 12.5. The van der Waals surface area contributed by atoms with E-state index in [4.69, 9.17) is 5.73 Å². The number of rotatable bonds is 2. The summed E-state index contributed by atoms with van der Waals surface area (Å²) in [4.78, 5) is 4.30. The molecule has 0 radical (unpaired) electrons. The highest BCUT2D eigenvalue weighted by molar-refractivity contribution is 5.77. The highest BCUT2D eigenvalue weighted by atomic mass is 15.3. The summed E-state index contributed by atoms with van der Waals surface area (Å²) in [6, 6.07) is 10.0. The summed E-state index contributed by atoms with van der Waals surface area (Å²) in [6.45, 7) is 6.28. The molecular weight excluding hydrogens is 260 g/mol. The second kappa shape index (κ2) is 5.05. The fourth-order valence-corrected chi connectivity index (χ4v) is 2.74. The third-order valence-corrected chi connectivity index (χ3v) is 3.54. The van der Waals surface area contributed by atoms with E-state index in [-0.39, 0.29) is 0 Å². The molecule has 0 fully saturated rings. The van der Waals surface area contributed by atoms with Crippen LogP contribution in [0, 0.1) is 20.8 Å². The van der Waals surface area contributed by atoms with Gasteiger partial charge in [-0.25, -0.2) is 9.67 Å². The minimum absolute atomic E-state index is 0.663. The maximum absolute atomic E-state index is 6.18. The molecule has 0 saturated carbocycles. The molecule has 0 aliphatic carbocycles. The number of benzene rings is 1. The van der Waals surface area contributed by atoms with Crippen molar-refractivity contribution in [3.63, 3.8) is 0 Å². The monoisotopic (exact) mass is 278 g/mol. The number of nitrogens with two attached hydrogens (primary N) is 1. The van der Waals surface area contributed by atoms with Crippen LogP contribution in [0.4, 0.5) is 5.69 Å². The van der Waals surface area contributed by atoms with Gasteiger partial charge in [0, 0.05) is 11.8 Å².